The van der Waals surface area contributed by atoms with Gasteiger partial charge in [0, 0.05) is 52.4 Å². The molecule has 0 atom stereocenters. The number of aliphatic imine (C=N–C) groups is 1. The van der Waals surface area contributed by atoms with Crippen molar-refractivity contribution in [2.75, 3.05) is 58.3 Å². The third-order valence-corrected chi connectivity index (χ3v) is 5.09. The van der Waals surface area contributed by atoms with Crippen LogP contribution in [0.2, 0.25) is 0 Å². The molecule has 1 aromatic carbocycles. The van der Waals surface area contributed by atoms with Crippen molar-refractivity contribution in [2.24, 2.45) is 4.99 Å². The zero-order chi connectivity index (χ0) is 22.3. The maximum Gasteiger partial charge on any atom is 0.240 e. The molecule has 1 aliphatic rings. The Morgan fingerprint density at radius 3 is 2.43 bits per heavy atom. The summed E-state index contributed by atoms with van der Waals surface area (Å²) >= 11 is 0. The maximum absolute atomic E-state index is 14.7. The summed E-state index contributed by atoms with van der Waals surface area (Å²) in [7, 11) is 3.47. The zero-order valence-electron chi connectivity index (χ0n) is 19.3. The van der Waals surface area contributed by atoms with E-state index in [0.29, 0.717) is 18.2 Å². The van der Waals surface area contributed by atoms with Crippen LogP contribution in [0.25, 0.3) is 0 Å². The van der Waals surface area contributed by atoms with Crippen LogP contribution in [0.15, 0.2) is 23.2 Å². The van der Waals surface area contributed by atoms with Crippen LogP contribution in [-0.2, 0) is 11.3 Å². The number of rotatable bonds is 6. The van der Waals surface area contributed by atoms with E-state index in [1.54, 1.807) is 25.1 Å². The van der Waals surface area contributed by atoms with Gasteiger partial charge in [-0.25, -0.2) is 4.39 Å². The summed E-state index contributed by atoms with van der Waals surface area (Å²) in [6.07, 6.45) is 0. The lowest BCUT2D eigenvalue weighted by atomic mass is 10.1. The van der Waals surface area contributed by atoms with Crippen LogP contribution in [0, 0.1) is 5.82 Å². The summed E-state index contributed by atoms with van der Waals surface area (Å²) in [5, 5.41) is 6.14. The normalized spacial score (nSPS) is 15.8. The number of anilines is 1. The molecule has 0 spiro atoms. The summed E-state index contributed by atoms with van der Waals surface area (Å²) in [4.78, 5) is 22.6. The molecule has 1 saturated heterocycles. The largest absolute Gasteiger partial charge is 0.367 e. The molecular weight excluding hydrogens is 383 g/mol. The van der Waals surface area contributed by atoms with Crippen LogP contribution >= 0.6 is 0 Å². The minimum atomic E-state index is -0.280. The highest BCUT2D eigenvalue weighted by Crippen LogP contribution is 2.22. The van der Waals surface area contributed by atoms with Crippen molar-refractivity contribution in [2.45, 2.75) is 39.8 Å². The Labute approximate surface area is 180 Å². The van der Waals surface area contributed by atoms with Crippen LogP contribution in [-0.4, -0.2) is 80.6 Å². The number of hydrogen-bond acceptors (Lipinski definition) is 4. The molecule has 0 aliphatic carbocycles. The van der Waals surface area contributed by atoms with E-state index < -0.39 is 0 Å². The number of carbonyl (C=O) groups is 1. The first-order chi connectivity index (χ1) is 14.1. The van der Waals surface area contributed by atoms with E-state index in [0.717, 1.165) is 38.3 Å². The lowest BCUT2D eigenvalue weighted by molar-refractivity contribution is -0.122. The fourth-order valence-electron chi connectivity index (χ4n) is 3.54. The monoisotopic (exact) mass is 420 g/mol. The molecule has 0 unspecified atom stereocenters. The summed E-state index contributed by atoms with van der Waals surface area (Å²) in [5.74, 6) is 0.304. The molecule has 0 radical (unpaired) electrons. The molecule has 1 amide bonds. The number of benzene rings is 1. The van der Waals surface area contributed by atoms with E-state index in [1.807, 2.05) is 32.9 Å². The van der Waals surface area contributed by atoms with Crippen molar-refractivity contribution >= 4 is 17.6 Å². The van der Waals surface area contributed by atoms with Gasteiger partial charge in [-0.3, -0.25) is 9.79 Å². The highest BCUT2D eigenvalue weighted by atomic mass is 19.1. The fourth-order valence-corrected chi connectivity index (χ4v) is 3.54. The minimum absolute atomic E-state index is 0.0773. The number of carbonyl (C=O) groups excluding carboxylic acids is 1. The third-order valence-electron chi connectivity index (χ3n) is 5.09. The van der Waals surface area contributed by atoms with E-state index in [4.69, 9.17) is 0 Å². The molecule has 7 nitrogen and oxygen atoms in total. The van der Waals surface area contributed by atoms with Gasteiger partial charge in [-0.1, -0.05) is 13.0 Å². The van der Waals surface area contributed by atoms with Crippen molar-refractivity contribution in [3.8, 4) is 0 Å². The van der Waals surface area contributed by atoms with Gasteiger partial charge in [0.25, 0.3) is 0 Å². The number of piperazine rings is 1. The first-order valence-corrected chi connectivity index (χ1v) is 10.6. The average molecular weight is 421 g/mol. The fraction of sp³-hybridized carbons (Fsp3) is 0.636. The number of amides is 1. The molecule has 1 fully saturated rings. The van der Waals surface area contributed by atoms with Crippen molar-refractivity contribution in [3.05, 3.63) is 29.6 Å². The number of likely N-dealkylation sites (N-methyl/N-ethyl adjacent to an activating group) is 2. The van der Waals surface area contributed by atoms with E-state index in [2.05, 4.69) is 32.3 Å². The topological polar surface area (TPSA) is 63.2 Å². The van der Waals surface area contributed by atoms with Crippen molar-refractivity contribution in [3.63, 3.8) is 0 Å². The molecule has 1 heterocycles. The smallest absolute Gasteiger partial charge is 0.240 e. The van der Waals surface area contributed by atoms with E-state index in [9.17, 15) is 9.18 Å². The summed E-state index contributed by atoms with van der Waals surface area (Å²) < 4.78 is 14.7. The first-order valence-electron chi connectivity index (χ1n) is 10.6. The number of halogens is 1. The number of guanidine groups is 1. The predicted molar refractivity (Wildman–Crippen MR) is 121 cm³/mol. The molecule has 8 heteroatoms. The Morgan fingerprint density at radius 2 is 1.90 bits per heavy atom. The SMILES string of the molecule is CCN1CCN(c2ccc(CNC(=NC)N(C)CC(=O)NC(C)(C)C)cc2F)CC1. The average Bonchev–Trinajstić information content (AvgIpc) is 2.67. The van der Waals surface area contributed by atoms with Crippen LogP contribution in [0.3, 0.4) is 0 Å². The third kappa shape index (κ3) is 7.16. The van der Waals surface area contributed by atoms with E-state index >= 15 is 0 Å². The minimum Gasteiger partial charge on any atom is -0.367 e. The van der Waals surface area contributed by atoms with Gasteiger partial charge in [0.05, 0.1) is 12.2 Å². The molecule has 1 aromatic rings. The maximum atomic E-state index is 14.7. The Balaban J connectivity index is 1.91. The number of nitrogens with one attached hydrogen (secondary N) is 2. The molecule has 2 rings (SSSR count). The second-order valence-electron chi connectivity index (χ2n) is 8.76. The highest BCUT2D eigenvalue weighted by molar-refractivity contribution is 5.86. The van der Waals surface area contributed by atoms with Gasteiger partial charge in [0.1, 0.15) is 5.82 Å². The molecule has 30 heavy (non-hydrogen) atoms. The first kappa shape index (κ1) is 23.9. The van der Waals surface area contributed by atoms with Crippen molar-refractivity contribution in [1.29, 1.82) is 0 Å². The lowest BCUT2D eigenvalue weighted by Gasteiger charge is -2.35. The van der Waals surface area contributed by atoms with Gasteiger partial charge < -0.3 is 25.3 Å². The Hall–Kier alpha value is -2.35. The van der Waals surface area contributed by atoms with Crippen LogP contribution < -0.4 is 15.5 Å². The van der Waals surface area contributed by atoms with Gasteiger partial charge in [-0.2, -0.15) is 0 Å². The standard InChI is InChI=1S/C22H37FN6O/c1-7-28-10-12-29(13-11-28)19-9-8-17(14-18(19)23)15-25-21(24-5)27(6)16-20(30)26-22(2,3)4/h8-9,14H,7,10-13,15-16H2,1-6H3,(H,24,25)(H,26,30). The second kappa shape index (κ2) is 10.6. The Kier molecular flexibility index (Phi) is 8.46. The quantitative estimate of drug-likeness (QED) is 0.544. The molecule has 0 saturated carbocycles. The molecule has 0 aromatic heterocycles. The molecule has 2 N–H and O–H groups in total. The van der Waals surface area contributed by atoms with Crippen molar-refractivity contribution in [1.82, 2.24) is 20.4 Å². The number of nitrogens with zero attached hydrogens (tertiary/aromatic N) is 4. The van der Waals surface area contributed by atoms with Gasteiger partial charge in [0.15, 0.2) is 5.96 Å². The summed E-state index contributed by atoms with van der Waals surface area (Å²) in [5.41, 5.74) is 1.21. The second-order valence-corrected chi connectivity index (χ2v) is 8.76. The van der Waals surface area contributed by atoms with Gasteiger partial charge >= 0.3 is 0 Å². The van der Waals surface area contributed by atoms with Crippen LogP contribution in [0.4, 0.5) is 10.1 Å². The molecule has 168 valence electrons. The van der Waals surface area contributed by atoms with Gasteiger partial charge in [-0.05, 0) is 45.0 Å². The summed E-state index contributed by atoms with van der Waals surface area (Å²) in [6, 6.07) is 5.38. The summed E-state index contributed by atoms with van der Waals surface area (Å²) in [6.45, 7) is 13.3. The van der Waals surface area contributed by atoms with E-state index in [-0.39, 0.29) is 23.8 Å². The predicted octanol–water partition coefficient (Wildman–Crippen LogP) is 1.89. The molecule has 1 aliphatic heterocycles. The van der Waals surface area contributed by atoms with Crippen LogP contribution in [0.5, 0.6) is 0 Å². The van der Waals surface area contributed by atoms with Crippen LogP contribution in [0.1, 0.15) is 33.3 Å². The zero-order valence-corrected chi connectivity index (χ0v) is 19.3. The van der Waals surface area contributed by atoms with Gasteiger partial charge in [-0.15, -0.1) is 0 Å². The molecule has 0 bridgehead atoms. The molecular formula is C22H37FN6O. The Bertz CT molecular complexity index is 738. The van der Waals surface area contributed by atoms with Crippen molar-refractivity contribution < 1.29 is 9.18 Å². The highest BCUT2D eigenvalue weighted by Gasteiger charge is 2.19. The van der Waals surface area contributed by atoms with E-state index in [1.165, 1.54) is 0 Å². The number of hydrogen-bond donors (Lipinski definition) is 2. The Morgan fingerprint density at radius 1 is 1.23 bits per heavy atom. The van der Waals surface area contributed by atoms with Gasteiger partial charge in [0.2, 0.25) is 5.91 Å². The lowest BCUT2D eigenvalue weighted by Crippen LogP contribution is -2.48.